The Morgan fingerprint density at radius 3 is 2.48 bits per heavy atom. The molecule has 9 heteroatoms. The van der Waals surface area contributed by atoms with Crippen molar-refractivity contribution in [3.05, 3.63) is 22.7 Å². The Morgan fingerprint density at radius 1 is 1.19 bits per heavy atom. The van der Waals surface area contributed by atoms with Crippen molar-refractivity contribution < 1.29 is 17.9 Å². The van der Waals surface area contributed by atoms with E-state index in [1.165, 1.54) is 11.4 Å². The standard InChI is InChI=1S/C18H28BrN3O4S/c1-4-21(5-2)18(23)14-20-9-6-10-22(12-11-20)27(24,25)15-7-8-17(26-3)16(19)13-15/h7-8,13H,4-6,9-12,14H2,1-3H3. The summed E-state index contributed by atoms with van der Waals surface area (Å²) < 4.78 is 33.3. The second-order valence-electron chi connectivity index (χ2n) is 6.40. The van der Waals surface area contributed by atoms with Crippen LogP contribution in [0.2, 0.25) is 0 Å². The maximum absolute atomic E-state index is 13.0. The molecule has 0 atom stereocenters. The molecule has 1 aromatic rings. The van der Waals surface area contributed by atoms with Gasteiger partial charge in [-0.25, -0.2) is 8.42 Å². The topological polar surface area (TPSA) is 70.2 Å². The first kappa shape index (κ1) is 22.1. The zero-order valence-electron chi connectivity index (χ0n) is 16.1. The highest BCUT2D eigenvalue weighted by molar-refractivity contribution is 9.10. The average Bonchev–Trinajstić information content (AvgIpc) is 2.88. The van der Waals surface area contributed by atoms with Crippen LogP contribution in [0, 0.1) is 0 Å². The van der Waals surface area contributed by atoms with Gasteiger partial charge < -0.3 is 9.64 Å². The van der Waals surface area contributed by atoms with E-state index < -0.39 is 10.0 Å². The van der Waals surface area contributed by atoms with E-state index >= 15 is 0 Å². The van der Waals surface area contributed by atoms with Crippen molar-refractivity contribution in [2.75, 3.05) is 52.9 Å². The van der Waals surface area contributed by atoms with Crippen molar-refractivity contribution in [1.82, 2.24) is 14.1 Å². The van der Waals surface area contributed by atoms with Crippen molar-refractivity contribution in [3.8, 4) is 5.75 Å². The zero-order chi connectivity index (χ0) is 20.0. The van der Waals surface area contributed by atoms with Crippen LogP contribution in [0.1, 0.15) is 20.3 Å². The molecular formula is C18H28BrN3O4S. The van der Waals surface area contributed by atoms with Gasteiger partial charge in [0, 0.05) is 32.7 Å². The predicted molar refractivity (Wildman–Crippen MR) is 108 cm³/mol. The van der Waals surface area contributed by atoms with Crippen molar-refractivity contribution in [2.45, 2.75) is 25.2 Å². The monoisotopic (exact) mass is 461 g/mol. The number of sulfonamides is 1. The van der Waals surface area contributed by atoms with E-state index in [4.69, 9.17) is 4.74 Å². The van der Waals surface area contributed by atoms with Crippen LogP contribution in [-0.2, 0) is 14.8 Å². The van der Waals surface area contributed by atoms with E-state index in [0.29, 0.717) is 62.5 Å². The summed E-state index contributed by atoms with van der Waals surface area (Å²) in [5.74, 6) is 0.682. The molecule has 0 radical (unpaired) electrons. The van der Waals surface area contributed by atoms with Gasteiger partial charge in [0.25, 0.3) is 0 Å². The largest absolute Gasteiger partial charge is 0.496 e. The smallest absolute Gasteiger partial charge is 0.243 e. The Balaban J connectivity index is 2.06. The molecule has 1 aliphatic heterocycles. The molecule has 0 aliphatic carbocycles. The number of nitrogens with zero attached hydrogens (tertiary/aromatic N) is 3. The number of methoxy groups -OCH3 is 1. The highest BCUT2D eigenvalue weighted by atomic mass is 79.9. The normalized spacial score (nSPS) is 16.7. The Morgan fingerprint density at radius 2 is 1.89 bits per heavy atom. The Hall–Kier alpha value is -1.16. The summed E-state index contributed by atoms with van der Waals surface area (Å²) in [4.78, 5) is 16.4. The minimum absolute atomic E-state index is 0.0930. The molecule has 1 amide bonds. The van der Waals surface area contributed by atoms with E-state index in [1.807, 2.05) is 18.7 Å². The molecule has 0 spiro atoms. The SMILES string of the molecule is CCN(CC)C(=O)CN1CCCN(S(=O)(=O)c2ccc(OC)c(Br)c2)CC1. The summed E-state index contributed by atoms with van der Waals surface area (Å²) in [6, 6.07) is 4.77. The number of hydrogen-bond acceptors (Lipinski definition) is 5. The van der Waals surface area contributed by atoms with Gasteiger partial charge in [0.05, 0.1) is 23.0 Å². The quantitative estimate of drug-likeness (QED) is 0.620. The van der Waals surface area contributed by atoms with Crippen molar-refractivity contribution >= 4 is 31.9 Å². The van der Waals surface area contributed by atoms with Crippen molar-refractivity contribution in [1.29, 1.82) is 0 Å². The number of benzene rings is 1. The maximum atomic E-state index is 13.0. The number of likely N-dealkylation sites (N-methyl/N-ethyl adjacent to an activating group) is 1. The molecule has 0 unspecified atom stereocenters. The molecule has 1 heterocycles. The van der Waals surface area contributed by atoms with Gasteiger partial charge in [-0.1, -0.05) is 0 Å². The lowest BCUT2D eigenvalue weighted by atomic mass is 10.3. The van der Waals surface area contributed by atoms with Gasteiger partial charge in [-0.05, 0) is 60.9 Å². The molecule has 0 bridgehead atoms. The first-order valence-electron chi connectivity index (χ1n) is 9.17. The third-order valence-corrected chi connectivity index (χ3v) is 7.30. The molecule has 1 aliphatic rings. The van der Waals surface area contributed by atoms with Crippen LogP contribution in [0.4, 0.5) is 0 Å². The third kappa shape index (κ3) is 5.43. The number of hydrogen-bond donors (Lipinski definition) is 0. The number of rotatable bonds is 7. The maximum Gasteiger partial charge on any atom is 0.243 e. The van der Waals surface area contributed by atoms with Crippen LogP contribution < -0.4 is 4.74 Å². The van der Waals surface area contributed by atoms with Crippen molar-refractivity contribution in [2.24, 2.45) is 0 Å². The fourth-order valence-electron chi connectivity index (χ4n) is 3.17. The van der Waals surface area contributed by atoms with E-state index in [0.717, 1.165) is 0 Å². The van der Waals surface area contributed by atoms with Gasteiger partial charge in [0.1, 0.15) is 5.75 Å². The van der Waals surface area contributed by atoms with Crippen LogP contribution in [0.15, 0.2) is 27.6 Å². The first-order chi connectivity index (χ1) is 12.8. The van der Waals surface area contributed by atoms with E-state index in [9.17, 15) is 13.2 Å². The molecule has 1 saturated heterocycles. The minimum Gasteiger partial charge on any atom is -0.496 e. The molecule has 0 saturated carbocycles. The highest BCUT2D eigenvalue weighted by Gasteiger charge is 2.28. The summed E-state index contributed by atoms with van der Waals surface area (Å²) in [7, 11) is -2.05. The zero-order valence-corrected chi connectivity index (χ0v) is 18.6. The lowest BCUT2D eigenvalue weighted by molar-refractivity contribution is -0.132. The lowest BCUT2D eigenvalue weighted by Gasteiger charge is -2.25. The number of carbonyl (C=O) groups is 1. The van der Waals surface area contributed by atoms with Gasteiger partial charge >= 0.3 is 0 Å². The van der Waals surface area contributed by atoms with Crippen LogP contribution >= 0.6 is 15.9 Å². The van der Waals surface area contributed by atoms with Gasteiger partial charge in [-0.3, -0.25) is 9.69 Å². The molecule has 1 fully saturated rings. The summed E-state index contributed by atoms with van der Waals surface area (Å²) in [6.07, 6.45) is 0.697. The molecular weight excluding hydrogens is 434 g/mol. The summed E-state index contributed by atoms with van der Waals surface area (Å²) in [5.41, 5.74) is 0. The van der Waals surface area contributed by atoms with Crippen molar-refractivity contribution in [3.63, 3.8) is 0 Å². The Bertz CT molecular complexity index is 753. The summed E-state index contributed by atoms with van der Waals surface area (Å²) in [5, 5.41) is 0. The second-order valence-corrected chi connectivity index (χ2v) is 9.19. The summed E-state index contributed by atoms with van der Waals surface area (Å²) in [6.45, 7) is 7.72. The molecule has 152 valence electrons. The van der Waals surface area contributed by atoms with E-state index in [-0.39, 0.29) is 10.8 Å². The molecule has 2 rings (SSSR count). The molecule has 27 heavy (non-hydrogen) atoms. The minimum atomic E-state index is -3.58. The fraction of sp³-hybridized carbons (Fsp3) is 0.611. The first-order valence-corrected chi connectivity index (χ1v) is 11.4. The second kappa shape index (κ2) is 9.86. The van der Waals surface area contributed by atoms with Crippen LogP contribution in [0.5, 0.6) is 5.75 Å². The molecule has 7 nitrogen and oxygen atoms in total. The Labute approximate surface area is 170 Å². The van der Waals surface area contributed by atoms with Crippen LogP contribution in [0.25, 0.3) is 0 Å². The van der Waals surface area contributed by atoms with Gasteiger partial charge in [-0.2, -0.15) is 4.31 Å². The highest BCUT2D eigenvalue weighted by Crippen LogP contribution is 2.29. The number of carbonyl (C=O) groups excluding carboxylic acids is 1. The van der Waals surface area contributed by atoms with Gasteiger partial charge in [0.2, 0.25) is 15.9 Å². The number of amides is 1. The predicted octanol–water partition coefficient (Wildman–Crippen LogP) is 2.02. The molecule has 1 aromatic carbocycles. The molecule has 0 aromatic heterocycles. The molecule has 0 N–H and O–H groups in total. The fourth-order valence-corrected chi connectivity index (χ4v) is 5.36. The Kier molecular flexibility index (Phi) is 8.08. The number of ether oxygens (including phenoxy) is 1. The average molecular weight is 462 g/mol. The van der Waals surface area contributed by atoms with Gasteiger partial charge in [0.15, 0.2) is 0 Å². The van der Waals surface area contributed by atoms with Crippen LogP contribution in [0.3, 0.4) is 0 Å². The van der Waals surface area contributed by atoms with Gasteiger partial charge in [-0.15, -0.1) is 0 Å². The van der Waals surface area contributed by atoms with Crippen LogP contribution in [-0.4, -0.2) is 81.4 Å². The number of halogens is 1. The third-order valence-electron chi connectivity index (χ3n) is 4.78. The van der Waals surface area contributed by atoms with E-state index in [2.05, 4.69) is 15.9 Å². The lowest BCUT2D eigenvalue weighted by Crippen LogP contribution is -2.42. The summed E-state index contributed by atoms with van der Waals surface area (Å²) >= 11 is 3.34. The van der Waals surface area contributed by atoms with E-state index in [1.54, 1.807) is 23.1 Å².